The normalized spacial score (nSPS) is 12.1. The van der Waals surface area contributed by atoms with E-state index in [-0.39, 0.29) is 12.0 Å². The molecule has 0 spiro atoms. The van der Waals surface area contributed by atoms with Crippen molar-refractivity contribution in [2.45, 2.75) is 24.8 Å². The first-order valence-corrected chi connectivity index (χ1v) is 13.7. The summed E-state index contributed by atoms with van der Waals surface area (Å²) in [6.45, 7) is 1.45. The molecule has 40 heavy (non-hydrogen) atoms. The van der Waals surface area contributed by atoms with Crippen molar-refractivity contribution in [1.29, 1.82) is 0 Å². The summed E-state index contributed by atoms with van der Waals surface area (Å²) in [5.41, 5.74) is 4.48. The summed E-state index contributed by atoms with van der Waals surface area (Å²) in [7, 11) is 0. The van der Waals surface area contributed by atoms with Crippen molar-refractivity contribution in [3.8, 4) is 5.75 Å². The van der Waals surface area contributed by atoms with Crippen molar-refractivity contribution in [2.24, 2.45) is 0 Å². The number of nitrogens with one attached hydrogen (secondary N) is 1. The van der Waals surface area contributed by atoms with Crippen LogP contribution in [0.5, 0.6) is 5.75 Å². The largest absolute Gasteiger partial charge is 0.494 e. The number of aromatic nitrogens is 4. The lowest BCUT2D eigenvalue weighted by atomic mass is 9.90. The predicted molar refractivity (Wildman–Crippen MR) is 155 cm³/mol. The van der Waals surface area contributed by atoms with Gasteiger partial charge >= 0.3 is 0 Å². The van der Waals surface area contributed by atoms with E-state index in [1.54, 1.807) is 0 Å². The zero-order valence-electron chi connectivity index (χ0n) is 22.4. The average Bonchev–Trinajstić information content (AvgIpc) is 3.53. The molecule has 7 heteroatoms. The summed E-state index contributed by atoms with van der Waals surface area (Å²) in [6, 6.07) is 38.6. The fourth-order valence-electron chi connectivity index (χ4n) is 5.10. The minimum Gasteiger partial charge on any atom is -0.494 e. The van der Waals surface area contributed by atoms with E-state index in [0.29, 0.717) is 31.9 Å². The van der Waals surface area contributed by atoms with E-state index < -0.39 is 6.67 Å². The highest BCUT2D eigenvalue weighted by molar-refractivity contribution is 5.33. The van der Waals surface area contributed by atoms with Gasteiger partial charge in [0, 0.05) is 25.4 Å². The molecular formula is C33H34FN5O. The maximum absolute atomic E-state index is 14.7. The van der Waals surface area contributed by atoms with E-state index in [9.17, 15) is 4.39 Å². The number of hydrogen-bond donors (Lipinski definition) is 1. The lowest BCUT2D eigenvalue weighted by Crippen LogP contribution is -2.35. The zero-order chi connectivity index (χ0) is 27.4. The molecule has 1 heterocycles. The van der Waals surface area contributed by atoms with Gasteiger partial charge in [-0.3, -0.25) is 4.90 Å². The lowest BCUT2D eigenvalue weighted by molar-refractivity contribution is 0.149. The third-order valence-corrected chi connectivity index (χ3v) is 7.10. The van der Waals surface area contributed by atoms with Crippen molar-refractivity contribution in [3.05, 3.63) is 143 Å². The van der Waals surface area contributed by atoms with Crippen LogP contribution < -0.4 is 4.74 Å². The lowest BCUT2D eigenvalue weighted by Gasteiger charge is -2.34. The van der Waals surface area contributed by atoms with Gasteiger partial charge in [-0.05, 0) is 40.8 Å². The molecule has 1 aromatic heterocycles. The van der Waals surface area contributed by atoms with Crippen LogP contribution in [0.3, 0.4) is 0 Å². The van der Waals surface area contributed by atoms with Gasteiger partial charge in [0.05, 0.1) is 12.6 Å². The Bertz CT molecular complexity index is 1360. The summed E-state index contributed by atoms with van der Waals surface area (Å²) in [6.07, 6.45) is 1.34. The van der Waals surface area contributed by atoms with Crippen LogP contribution >= 0.6 is 0 Å². The van der Waals surface area contributed by atoms with Crippen LogP contribution in [-0.4, -0.2) is 51.9 Å². The first kappa shape index (κ1) is 27.2. The monoisotopic (exact) mass is 535 g/mol. The molecule has 0 bridgehead atoms. The van der Waals surface area contributed by atoms with Crippen molar-refractivity contribution < 1.29 is 9.13 Å². The van der Waals surface area contributed by atoms with Crippen LogP contribution in [0.15, 0.2) is 115 Å². The molecule has 0 saturated heterocycles. The molecule has 0 saturated carbocycles. The Morgan fingerprint density at radius 1 is 0.775 bits per heavy atom. The molecule has 1 unspecified atom stereocenters. The highest BCUT2D eigenvalue weighted by Gasteiger charge is 2.25. The fourth-order valence-corrected chi connectivity index (χ4v) is 5.10. The molecule has 0 aliphatic heterocycles. The molecule has 1 atom stereocenters. The van der Waals surface area contributed by atoms with E-state index in [2.05, 4.69) is 74.1 Å². The Balaban J connectivity index is 1.31. The van der Waals surface area contributed by atoms with E-state index >= 15 is 0 Å². The fraction of sp³-hybridized carbons (Fsp3) is 0.242. The quantitative estimate of drug-likeness (QED) is 0.167. The zero-order valence-corrected chi connectivity index (χ0v) is 22.4. The van der Waals surface area contributed by atoms with Gasteiger partial charge in [-0.1, -0.05) is 108 Å². The van der Waals surface area contributed by atoms with Crippen molar-refractivity contribution in [2.75, 3.05) is 26.4 Å². The molecule has 204 valence electrons. The summed E-state index contributed by atoms with van der Waals surface area (Å²) in [5.74, 6) is 1.55. The number of tetrazole rings is 1. The molecule has 5 aromatic rings. The maximum atomic E-state index is 14.7. The Kier molecular flexibility index (Phi) is 9.63. The molecule has 6 nitrogen and oxygen atoms in total. The Morgan fingerprint density at radius 3 is 2.02 bits per heavy atom. The molecule has 0 radical (unpaired) electrons. The van der Waals surface area contributed by atoms with Crippen LogP contribution in [0, 0.1) is 0 Å². The number of halogens is 1. The standard InChI is InChI=1S/C33H34FN5O/c34-24-32(29-17-8-3-9-18-29)39(25-31(27-13-4-1-5-14-27)28-15-6-2-7-16-28)20-11-21-40-30-19-10-12-26(22-30)23-33-35-37-38-36-33/h1-10,12-19,22,31-32H,11,20-21,23-25H2,(H,35,36,37,38). The van der Waals surface area contributed by atoms with Gasteiger partial charge in [0.2, 0.25) is 0 Å². The average molecular weight is 536 g/mol. The van der Waals surface area contributed by atoms with Crippen molar-refractivity contribution in [3.63, 3.8) is 0 Å². The minimum absolute atomic E-state index is 0.114. The maximum Gasteiger partial charge on any atom is 0.178 e. The number of alkyl halides is 1. The minimum atomic E-state index is -0.459. The number of benzene rings is 4. The van der Waals surface area contributed by atoms with Gasteiger partial charge < -0.3 is 4.74 Å². The summed E-state index contributed by atoms with van der Waals surface area (Å²) in [5, 5.41) is 14.2. The van der Waals surface area contributed by atoms with Crippen molar-refractivity contribution in [1.82, 2.24) is 25.5 Å². The number of hydrogen-bond acceptors (Lipinski definition) is 5. The van der Waals surface area contributed by atoms with E-state index in [1.807, 2.05) is 66.7 Å². The Labute approximate surface area is 234 Å². The summed E-state index contributed by atoms with van der Waals surface area (Å²) < 4.78 is 20.9. The number of rotatable bonds is 14. The molecule has 0 amide bonds. The SMILES string of the molecule is FCC(c1ccccc1)N(CCCOc1cccc(Cc2nn[nH]n2)c1)CC(c1ccccc1)c1ccccc1. The number of H-pyrrole nitrogens is 1. The summed E-state index contributed by atoms with van der Waals surface area (Å²) in [4.78, 5) is 2.27. The van der Waals surface area contributed by atoms with E-state index in [1.165, 1.54) is 11.1 Å². The second-order valence-electron chi connectivity index (χ2n) is 9.80. The highest BCUT2D eigenvalue weighted by atomic mass is 19.1. The molecular weight excluding hydrogens is 501 g/mol. The third kappa shape index (κ3) is 7.39. The van der Waals surface area contributed by atoms with Crippen LogP contribution in [-0.2, 0) is 6.42 Å². The topological polar surface area (TPSA) is 66.9 Å². The van der Waals surface area contributed by atoms with Gasteiger partial charge in [-0.15, -0.1) is 10.2 Å². The first-order valence-electron chi connectivity index (χ1n) is 13.7. The molecule has 0 aliphatic rings. The molecule has 4 aromatic carbocycles. The highest BCUT2D eigenvalue weighted by Crippen LogP contribution is 2.30. The Hall–Kier alpha value is -4.36. The van der Waals surface area contributed by atoms with E-state index in [0.717, 1.165) is 23.3 Å². The van der Waals surface area contributed by atoms with Gasteiger partial charge in [-0.25, -0.2) is 4.39 Å². The van der Waals surface area contributed by atoms with Gasteiger partial charge in [-0.2, -0.15) is 5.21 Å². The van der Waals surface area contributed by atoms with Crippen LogP contribution in [0.2, 0.25) is 0 Å². The van der Waals surface area contributed by atoms with Crippen LogP contribution in [0.25, 0.3) is 0 Å². The summed E-state index contributed by atoms with van der Waals surface area (Å²) >= 11 is 0. The van der Waals surface area contributed by atoms with Gasteiger partial charge in [0.25, 0.3) is 0 Å². The van der Waals surface area contributed by atoms with Crippen molar-refractivity contribution >= 4 is 0 Å². The number of aromatic amines is 1. The van der Waals surface area contributed by atoms with Gasteiger partial charge in [0.15, 0.2) is 5.82 Å². The number of nitrogens with zero attached hydrogens (tertiary/aromatic N) is 4. The second kappa shape index (κ2) is 14.1. The number of ether oxygens (including phenoxy) is 1. The smallest absolute Gasteiger partial charge is 0.178 e. The molecule has 5 rings (SSSR count). The first-order chi connectivity index (χ1) is 19.8. The molecule has 0 aliphatic carbocycles. The molecule has 1 N–H and O–H groups in total. The second-order valence-corrected chi connectivity index (χ2v) is 9.80. The predicted octanol–water partition coefficient (Wildman–Crippen LogP) is 6.40. The third-order valence-electron chi connectivity index (χ3n) is 7.10. The van der Waals surface area contributed by atoms with Crippen LogP contribution in [0.4, 0.5) is 4.39 Å². The van der Waals surface area contributed by atoms with Gasteiger partial charge in [0.1, 0.15) is 12.4 Å². The van der Waals surface area contributed by atoms with Crippen LogP contribution in [0.1, 0.15) is 46.5 Å². The Morgan fingerprint density at radius 2 is 1.43 bits per heavy atom. The molecule has 0 fully saturated rings. The van der Waals surface area contributed by atoms with E-state index in [4.69, 9.17) is 4.74 Å².